The van der Waals surface area contributed by atoms with Gasteiger partial charge in [0.25, 0.3) is 0 Å². The Morgan fingerprint density at radius 2 is 2.17 bits per heavy atom. The predicted molar refractivity (Wildman–Crippen MR) is 51.7 cm³/mol. The fraction of sp³-hybridized carbons (Fsp3) is 0. The maximum Gasteiger partial charge on any atom is 0.142 e. The summed E-state index contributed by atoms with van der Waals surface area (Å²) in [7, 11) is -3.21. The average Bonchev–Trinajstić information content (AvgIpc) is 2.03. The Hall–Kier alpha value is -0.890. The van der Waals surface area contributed by atoms with Gasteiger partial charge in [-0.3, -0.25) is 4.98 Å². The molecule has 1 aromatic rings. The maximum absolute atomic E-state index is 9.17. The zero-order valence-corrected chi connectivity index (χ0v) is 7.41. The molecular weight excluding hydrogens is 173 g/mol. The van der Waals surface area contributed by atoms with Crippen LogP contribution in [0.3, 0.4) is 0 Å². The van der Waals surface area contributed by atoms with Crippen LogP contribution in [0.25, 0.3) is 5.31 Å². The van der Waals surface area contributed by atoms with E-state index in [-0.39, 0.29) is 5.31 Å². The topological polar surface area (TPSA) is 53.4 Å². The van der Waals surface area contributed by atoms with Gasteiger partial charge in [-0.15, -0.1) is 0 Å². The van der Waals surface area contributed by atoms with Crippen molar-refractivity contribution < 1.29 is 9.79 Å². The number of aromatic nitrogens is 1. The molecule has 0 fully saturated rings. The summed E-state index contributed by atoms with van der Waals surface area (Å²) in [5, 5.41) is 0.246. The van der Waals surface area contributed by atoms with E-state index in [1.807, 2.05) is 0 Å². The molecule has 0 atom stereocenters. The van der Waals surface area contributed by atoms with Crippen molar-refractivity contribution in [2.24, 2.45) is 0 Å². The van der Waals surface area contributed by atoms with Crippen LogP contribution >= 0.6 is 7.34 Å². The molecule has 0 unspecified atom stereocenters. The van der Waals surface area contributed by atoms with Crippen molar-refractivity contribution in [2.45, 2.75) is 0 Å². The molecule has 0 aromatic carbocycles. The van der Waals surface area contributed by atoms with Crippen molar-refractivity contribution in [2.75, 3.05) is 0 Å². The van der Waals surface area contributed by atoms with Gasteiger partial charge in [0.2, 0.25) is 0 Å². The maximum atomic E-state index is 9.17. The molecule has 4 heteroatoms. The van der Waals surface area contributed by atoms with Crippen molar-refractivity contribution in [3.05, 3.63) is 36.7 Å². The molecule has 0 aliphatic heterocycles. The van der Waals surface area contributed by atoms with Gasteiger partial charge in [-0.25, -0.2) is 0 Å². The SMILES string of the molecule is C=C(c1cccnc1)P(=C)(O)O. The molecule has 0 aliphatic rings. The van der Waals surface area contributed by atoms with E-state index in [1.165, 1.54) is 6.20 Å². The summed E-state index contributed by atoms with van der Waals surface area (Å²) in [5.74, 6) is 0. The van der Waals surface area contributed by atoms with Crippen LogP contribution in [-0.2, 0) is 0 Å². The minimum absolute atomic E-state index is 0.246. The van der Waals surface area contributed by atoms with E-state index in [0.717, 1.165) is 0 Å². The van der Waals surface area contributed by atoms with Crippen LogP contribution in [0.4, 0.5) is 0 Å². The minimum Gasteiger partial charge on any atom is -0.350 e. The number of rotatable bonds is 2. The Bertz CT molecular complexity index is 328. The van der Waals surface area contributed by atoms with E-state index in [9.17, 15) is 0 Å². The summed E-state index contributed by atoms with van der Waals surface area (Å²) >= 11 is 0. The first kappa shape index (κ1) is 9.20. The van der Waals surface area contributed by atoms with Crippen LogP contribution in [0.2, 0.25) is 0 Å². The van der Waals surface area contributed by atoms with Crippen LogP contribution in [0.15, 0.2) is 31.1 Å². The molecule has 0 aliphatic carbocycles. The van der Waals surface area contributed by atoms with E-state index >= 15 is 0 Å². The van der Waals surface area contributed by atoms with Gasteiger partial charge in [-0.1, -0.05) is 12.6 Å². The molecule has 1 heterocycles. The Kier molecular flexibility index (Phi) is 2.48. The Labute approximate surface area is 71.2 Å². The molecule has 2 N–H and O–H groups in total. The van der Waals surface area contributed by atoms with Crippen molar-refractivity contribution in [3.8, 4) is 0 Å². The standard InChI is InChI=1S/C8H10NO2P/c1-7(12(2,10)11)8-4-3-5-9-6-8/h3-6,10-11H,1-2H2. The van der Waals surface area contributed by atoms with Crippen LogP contribution in [0, 0.1) is 0 Å². The third-order valence-corrected chi connectivity index (χ3v) is 2.55. The summed E-state index contributed by atoms with van der Waals surface area (Å²) in [4.78, 5) is 22.2. The molecule has 0 amide bonds. The first-order valence-corrected chi connectivity index (χ1v) is 5.18. The third kappa shape index (κ3) is 2.05. The van der Waals surface area contributed by atoms with Crippen LogP contribution in [0.1, 0.15) is 5.56 Å². The molecular formula is C8H10NO2P. The van der Waals surface area contributed by atoms with E-state index in [2.05, 4.69) is 17.9 Å². The van der Waals surface area contributed by atoms with Crippen molar-refractivity contribution >= 4 is 19.0 Å². The minimum atomic E-state index is -3.21. The lowest BCUT2D eigenvalue weighted by Gasteiger charge is -2.12. The highest BCUT2D eigenvalue weighted by Crippen LogP contribution is 2.48. The van der Waals surface area contributed by atoms with Gasteiger partial charge in [-0.05, 0) is 12.4 Å². The van der Waals surface area contributed by atoms with Gasteiger partial charge >= 0.3 is 0 Å². The fourth-order valence-corrected chi connectivity index (χ4v) is 1.29. The van der Waals surface area contributed by atoms with Crippen LogP contribution < -0.4 is 0 Å². The lowest BCUT2D eigenvalue weighted by molar-refractivity contribution is 0.492. The Morgan fingerprint density at radius 1 is 1.50 bits per heavy atom. The van der Waals surface area contributed by atoms with Gasteiger partial charge < -0.3 is 9.79 Å². The molecule has 0 spiro atoms. The zero-order valence-electron chi connectivity index (χ0n) is 6.51. The second-order valence-corrected chi connectivity index (χ2v) is 4.42. The third-order valence-electron chi connectivity index (χ3n) is 1.43. The van der Waals surface area contributed by atoms with E-state index in [4.69, 9.17) is 9.79 Å². The Balaban J connectivity index is 3.03. The zero-order chi connectivity index (χ0) is 9.19. The molecule has 12 heavy (non-hydrogen) atoms. The van der Waals surface area contributed by atoms with Gasteiger partial charge in [0.15, 0.2) is 0 Å². The lowest BCUT2D eigenvalue weighted by atomic mass is 10.3. The molecule has 1 rings (SSSR count). The second-order valence-electron chi connectivity index (χ2n) is 2.42. The highest BCUT2D eigenvalue weighted by molar-refractivity contribution is 7.72. The van der Waals surface area contributed by atoms with Gasteiger partial charge in [0.05, 0.1) is 0 Å². The van der Waals surface area contributed by atoms with Crippen LogP contribution in [-0.4, -0.2) is 21.1 Å². The Morgan fingerprint density at radius 3 is 2.58 bits per heavy atom. The van der Waals surface area contributed by atoms with E-state index < -0.39 is 7.34 Å². The highest BCUT2D eigenvalue weighted by atomic mass is 31.2. The van der Waals surface area contributed by atoms with Gasteiger partial charge in [0.1, 0.15) is 7.34 Å². The number of pyridine rings is 1. The molecule has 1 aromatic heterocycles. The van der Waals surface area contributed by atoms with Gasteiger partial charge in [0, 0.05) is 23.3 Å². The first-order valence-electron chi connectivity index (χ1n) is 3.30. The predicted octanol–water partition coefficient (Wildman–Crippen LogP) is 1.32. The number of nitrogens with zero attached hydrogens (tertiary/aromatic N) is 1. The van der Waals surface area contributed by atoms with E-state index in [0.29, 0.717) is 5.56 Å². The first-order chi connectivity index (χ1) is 5.52. The fourth-order valence-electron chi connectivity index (χ4n) is 0.740. The number of hydrogen-bond acceptors (Lipinski definition) is 3. The number of hydrogen-bond donors (Lipinski definition) is 2. The van der Waals surface area contributed by atoms with Gasteiger partial charge in [-0.2, -0.15) is 0 Å². The molecule has 64 valence electrons. The monoisotopic (exact) mass is 183 g/mol. The average molecular weight is 183 g/mol. The second kappa shape index (κ2) is 3.23. The lowest BCUT2D eigenvalue weighted by Crippen LogP contribution is -1.85. The summed E-state index contributed by atoms with van der Waals surface area (Å²) in [5.41, 5.74) is 0.617. The summed E-state index contributed by atoms with van der Waals surface area (Å²) in [6.07, 6.45) is 6.37. The summed E-state index contributed by atoms with van der Waals surface area (Å²) in [6, 6.07) is 3.41. The molecule has 0 bridgehead atoms. The molecule has 0 radical (unpaired) electrons. The summed E-state index contributed by atoms with van der Waals surface area (Å²) < 4.78 is 0. The normalized spacial score (nSPS) is 11.2. The highest BCUT2D eigenvalue weighted by Gasteiger charge is 2.11. The molecule has 3 nitrogen and oxygen atoms in total. The van der Waals surface area contributed by atoms with E-state index in [1.54, 1.807) is 18.3 Å². The largest absolute Gasteiger partial charge is 0.350 e. The quantitative estimate of drug-likeness (QED) is 0.680. The van der Waals surface area contributed by atoms with Crippen molar-refractivity contribution in [1.82, 2.24) is 4.98 Å². The molecule has 0 saturated carbocycles. The van der Waals surface area contributed by atoms with Crippen LogP contribution in [0.5, 0.6) is 0 Å². The smallest absolute Gasteiger partial charge is 0.142 e. The van der Waals surface area contributed by atoms with Crippen molar-refractivity contribution in [1.29, 1.82) is 0 Å². The molecule has 0 saturated heterocycles. The summed E-state index contributed by atoms with van der Waals surface area (Å²) in [6.45, 7) is 3.54. The van der Waals surface area contributed by atoms with Crippen molar-refractivity contribution in [3.63, 3.8) is 0 Å².